The Morgan fingerprint density at radius 1 is 1.30 bits per heavy atom. The Kier molecular flexibility index (Phi) is 3.45. The van der Waals surface area contributed by atoms with Crippen molar-refractivity contribution in [2.45, 2.75) is 18.9 Å². The molecule has 1 aliphatic rings. The predicted octanol–water partition coefficient (Wildman–Crippen LogP) is 2.61. The molecule has 1 fully saturated rings. The molecule has 0 spiro atoms. The molecule has 3 aromatic rings. The molecule has 7 heteroatoms. The van der Waals surface area contributed by atoms with E-state index >= 15 is 0 Å². The third kappa shape index (κ3) is 2.65. The molecule has 23 heavy (non-hydrogen) atoms. The highest BCUT2D eigenvalue weighted by Crippen LogP contribution is 2.24. The molecule has 118 valence electrons. The van der Waals surface area contributed by atoms with Gasteiger partial charge in [-0.1, -0.05) is 5.16 Å². The second kappa shape index (κ2) is 5.75. The van der Waals surface area contributed by atoms with Gasteiger partial charge in [0.15, 0.2) is 11.5 Å². The van der Waals surface area contributed by atoms with E-state index in [9.17, 15) is 4.79 Å². The van der Waals surface area contributed by atoms with Gasteiger partial charge in [-0.3, -0.25) is 9.48 Å². The molecule has 0 aromatic carbocycles. The predicted molar refractivity (Wildman–Crippen MR) is 80.6 cm³/mol. The van der Waals surface area contributed by atoms with E-state index in [1.165, 1.54) is 0 Å². The number of nitrogens with zero attached hydrogens (tertiary/aromatic N) is 4. The summed E-state index contributed by atoms with van der Waals surface area (Å²) in [6.45, 7) is 1.35. The van der Waals surface area contributed by atoms with Gasteiger partial charge < -0.3 is 13.8 Å². The van der Waals surface area contributed by atoms with Crippen LogP contribution in [-0.2, 0) is 0 Å². The van der Waals surface area contributed by atoms with E-state index in [4.69, 9.17) is 8.94 Å². The second-order valence-electron chi connectivity index (χ2n) is 5.59. The Labute approximate surface area is 132 Å². The topological polar surface area (TPSA) is 77.3 Å². The molecule has 4 rings (SSSR count). The number of carbonyl (C=O) groups is 1. The van der Waals surface area contributed by atoms with E-state index in [2.05, 4.69) is 10.3 Å². The summed E-state index contributed by atoms with van der Waals surface area (Å²) < 4.78 is 12.4. The average molecular weight is 312 g/mol. The van der Waals surface area contributed by atoms with Crippen molar-refractivity contribution < 1.29 is 13.7 Å². The normalized spacial score (nSPS) is 18.3. The summed E-state index contributed by atoms with van der Waals surface area (Å²) in [5.41, 5.74) is 0.303. The van der Waals surface area contributed by atoms with Crippen molar-refractivity contribution in [2.75, 3.05) is 13.1 Å². The van der Waals surface area contributed by atoms with Crippen LogP contribution < -0.4 is 0 Å². The van der Waals surface area contributed by atoms with Crippen molar-refractivity contribution in [3.05, 3.63) is 48.6 Å². The van der Waals surface area contributed by atoms with Crippen molar-refractivity contribution in [1.29, 1.82) is 0 Å². The number of piperidine rings is 1. The summed E-state index contributed by atoms with van der Waals surface area (Å²) in [7, 11) is 0. The number of hydrogen-bond donors (Lipinski definition) is 0. The van der Waals surface area contributed by atoms with Crippen molar-refractivity contribution in [3.8, 4) is 11.5 Å². The van der Waals surface area contributed by atoms with Crippen LogP contribution in [0.5, 0.6) is 0 Å². The quantitative estimate of drug-likeness (QED) is 0.743. The standard InChI is InChI=1S/C16H16N4O3/c21-16(13-10-15(23-18-13)14-5-2-9-22-14)19-7-1-4-12(11-19)20-8-3-6-17-20/h2-3,5-6,8-10,12H,1,4,7,11H2. The van der Waals surface area contributed by atoms with Crippen LogP contribution in [0.4, 0.5) is 0 Å². The summed E-state index contributed by atoms with van der Waals surface area (Å²) >= 11 is 0. The lowest BCUT2D eigenvalue weighted by Crippen LogP contribution is -2.41. The number of rotatable bonds is 3. The largest absolute Gasteiger partial charge is 0.461 e. The van der Waals surface area contributed by atoms with Crippen LogP contribution >= 0.6 is 0 Å². The number of carbonyl (C=O) groups excluding carboxylic acids is 1. The summed E-state index contributed by atoms with van der Waals surface area (Å²) in [4.78, 5) is 14.4. The van der Waals surface area contributed by atoms with Crippen molar-refractivity contribution in [1.82, 2.24) is 19.8 Å². The Balaban J connectivity index is 1.50. The molecule has 4 heterocycles. The van der Waals surface area contributed by atoms with Crippen molar-refractivity contribution in [3.63, 3.8) is 0 Å². The van der Waals surface area contributed by atoms with Gasteiger partial charge in [-0.25, -0.2) is 0 Å². The molecule has 1 saturated heterocycles. The minimum absolute atomic E-state index is 0.122. The van der Waals surface area contributed by atoms with Gasteiger partial charge in [0, 0.05) is 31.5 Å². The molecular weight excluding hydrogens is 296 g/mol. The Morgan fingerprint density at radius 3 is 3.04 bits per heavy atom. The van der Waals surface area contributed by atoms with Crippen LogP contribution in [0.2, 0.25) is 0 Å². The molecule has 0 bridgehead atoms. The van der Waals surface area contributed by atoms with E-state index in [-0.39, 0.29) is 11.9 Å². The van der Waals surface area contributed by atoms with Gasteiger partial charge in [-0.05, 0) is 31.0 Å². The lowest BCUT2D eigenvalue weighted by atomic mass is 10.1. The Hall–Kier alpha value is -2.83. The first-order valence-corrected chi connectivity index (χ1v) is 7.60. The zero-order valence-electron chi connectivity index (χ0n) is 12.5. The number of aromatic nitrogens is 3. The maximum absolute atomic E-state index is 12.6. The average Bonchev–Trinajstić information content (AvgIpc) is 3.36. The van der Waals surface area contributed by atoms with Crippen LogP contribution in [0.25, 0.3) is 11.5 Å². The van der Waals surface area contributed by atoms with Crippen LogP contribution in [0.15, 0.2) is 51.9 Å². The molecule has 0 radical (unpaired) electrons. The molecule has 1 aliphatic heterocycles. The van der Waals surface area contributed by atoms with E-state index in [1.807, 2.05) is 16.9 Å². The van der Waals surface area contributed by atoms with Crippen LogP contribution in [0.3, 0.4) is 0 Å². The Bertz CT molecular complexity index is 776. The molecule has 7 nitrogen and oxygen atoms in total. The molecule has 1 unspecified atom stereocenters. The first kappa shape index (κ1) is 13.8. The van der Waals surface area contributed by atoms with Gasteiger partial charge in [0.1, 0.15) is 0 Å². The van der Waals surface area contributed by atoms with Gasteiger partial charge >= 0.3 is 0 Å². The lowest BCUT2D eigenvalue weighted by molar-refractivity contribution is 0.0662. The summed E-state index contributed by atoms with van der Waals surface area (Å²) in [6.07, 6.45) is 7.21. The molecule has 1 amide bonds. The van der Waals surface area contributed by atoms with E-state index in [0.29, 0.717) is 23.8 Å². The fourth-order valence-electron chi connectivity index (χ4n) is 2.92. The van der Waals surface area contributed by atoms with Crippen LogP contribution in [0, 0.1) is 0 Å². The smallest absolute Gasteiger partial charge is 0.276 e. The minimum Gasteiger partial charge on any atom is -0.461 e. The highest BCUT2D eigenvalue weighted by Gasteiger charge is 2.27. The molecular formula is C16H16N4O3. The van der Waals surface area contributed by atoms with Gasteiger partial charge in [0.25, 0.3) is 5.91 Å². The van der Waals surface area contributed by atoms with Crippen LogP contribution in [-0.4, -0.2) is 38.8 Å². The lowest BCUT2D eigenvalue weighted by Gasteiger charge is -2.32. The molecule has 0 N–H and O–H groups in total. The fourth-order valence-corrected chi connectivity index (χ4v) is 2.92. The highest BCUT2D eigenvalue weighted by atomic mass is 16.5. The molecule has 3 aromatic heterocycles. The van der Waals surface area contributed by atoms with Crippen LogP contribution in [0.1, 0.15) is 29.4 Å². The van der Waals surface area contributed by atoms with Gasteiger partial charge in [-0.2, -0.15) is 5.10 Å². The number of amides is 1. The van der Waals surface area contributed by atoms with E-state index < -0.39 is 0 Å². The minimum atomic E-state index is -0.122. The highest BCUT2D eigenvalue weighted by molar-refractivity contribution is 5.93. The second-order valence-corrected chi connectivity index (χ2v) is 5.59. The summed E-state index contributed by atoms with van der Waals surface area (Å²) in [6, 6.07) is 7.26. The first-order chi connectivity index (χ1) is 11.3. The number of likely N-dealkylation sites (tertiary alicyclic amines) is 1. The third-order valence-electron chi connectivity index (χ3n) is 4.08. The SMILES string of the molecule is O=C(c1cc(-c2ccco2)on1)N1CCCC(n2cccn2)C1. The van der Waals surface area contributed by atoms with Gasteiger partial charge in [0.2, 0.25) is 5.76 Å². The van der Waals surface area contributed by atoms with Gasteiger partial charge in [-0.15, -0.1) is 0 Å². The summed E-state index contributed by atoms with van der Waals surface area (Å²) in [5.74, 6) is 0.895. The fraction of sp³-hybridized carbons (Fsp3) is 0.312. The Morgan fingerprint density at radius 2 is 2.26 bits per heavy atom. The first-order valence-electron chi connectivity index (χ1n) is 7.60. The number of furan rings is 1. The maximum Gasteiger partial charge on any atom is 0.276 e. The molecule has 0 saturated carbocycles. The zero-order chi connectivity index (χ0) is 15.6. The summed E-state index contributed by atoms with van der Waals surface area (Å²) in [5, 5.41) is 8.16. The van der Waals surface area contributed by atoms with Crippen molar-refractivity contribution in [2.24, 2.45) is 0 Å². The molecule has 0 aliphatic carbocycles. The van der Waals surface area contributed by atoms with Gasteiger partial charge in [0.05, 0.1) is 12.3 Å². The number of hydrogen-bond acceptors (Lipinski definition) is 5. The van der Waals surface area contributed by atoms with E-state index in [0.717, 1.165) is 19.4 Å². The monoisotopic (exact) mass is 312 g/mol. The third-order valence-corrected chi connectivity index (χ3v) is 4.08. The maximum atomic E-state index is 12.6. The van der Waals surface area contributed by atoms with E-state index in [1.54, 1.807) is 35.6 Å². The zero-order valence-corrected chi connectivity index (χ0v) is 12.5. The molecule has 1 atom stereocenters. The van der Waals surface area contributed by atoms with Crippen molar-refractivity contribution >= 4 is 5.91 Å².